The van der Waals surface area contributed by atoms with E-state index in [0.29, 0.717) is 5.92 Å². The number of pyridine rings is 1. The Morgan fingerprint density at radius 1 is 1.62 bits per heavy atom. The number of carbonyl (C=O) groups is 1. The predicted octanol–water partition coefficient (Wildman–Crippen LogP) is 2.14. The van der Waals surface area contributed by atoms with Crippen LogP contribution >= 0.6 is 0 Å². The highest BCUT2D eigenvalue weighted by atomic mass is 19.1. The van der Waals surface area contributed by atoms with Crippen molar-refractivity contribution in [2.24, 2.45) is 5.92 Å². The second-order valence-corrected chi connectivity index (χ2v) is 4.21. The molecule has 2 unspecified atom stereocenters. The first kappa shape index (κ1) is 11.0. The van der Waals surface area contributed by atoms with Gasteiger partial charge >= 0.3 is 0 Å². The van der Waals surface area contributed by atoms with Gasteiger partial charge in [-0.1, -0.05) is 19.4 Å². The van der Waals surface area contributed by atoms with Gasteiger partial charge in [0.1, 0.15) is 5.69 Å². The van der Waals surface area contributed by atoms with E-state index in [1.807, 2.05) is 0 Å². The molecular formula is C12H15FN2O. The quantitative estimate of drug-likeness (QED) is 0.793. The van der Waals surface area contributed by atoms with Gasteiger partial charge in [-0.05, 0) is 30.9 Å². The molecule has 1 amide bonds. The van der Waals surface area contributed by atoms with Gasteiger partial charge in [-0.3, -0.25) is 4.79 Å². The SMILES string of the molecule is CCCC1CC1NC(=O)c1cccc(F)n1. The molecule has 0 bridgehead atoms. The van der Waals surface area contributed by atoms with Crippen LogP contribution in [0.15, 0.2) is 18.2 Å². The van der Waals surface area contributed by atoms with Crippen molar-refractivity contribution >= 4 is 5.91 Å². The zero-order valence-corrected chi connectivity index (χ0v) is 9.24. The summed E-state index contributed by atoms with van der Waals surface area (Å²) in [5, 5.41) is 2.86. The van der Waals surface area contributed by atoms with Crippen molar-refractivity contribution in [3.8, 4) is 0 Å². The molecule has 0 aromatic carbocycles. The Morgan fingerprint density at radius 3 is 3.12 bits per heavy atom. The van der Waals surface area contributed by atoms with Crippen LogP contribution < -0.4 is 5.32 Å². The molecule has 0 saturated heterocycles. The number of hydrogen-bond donors (Lipinski definition) is 1. The summed E-state index contributed by atoms with van der Waals surface area (Å²) in [4.78, 5) is 15.2. The largest absolute Gasteiger partial charge is 0.348 e. The first-order chi connectivity index (χ1) is 7.70. The highest BCUT2D eigenvalue weighted by molar-refractivity contribution is 5.92. The fourth-order valence-electron chi connectivity index (χ4n) is 1.89. The van der Waals surface area contributed by atoms with Gasteiger partial charge in [0.15, 0.2) is 0 Å². The van der Waals surface area contributed by atoms with Crippen LogP contribution in [0.5, 0.6) is 0 Å². The van der Waals surface area contributed by atoms with E-state index in [4.69, 9.17) is 0 Å². The molecule has 16 heavy (non-hydrogen) atoms. The van der Waals surface area contributed by atoms with Gasteiger partial charge in [0, 0.05) is 6.04 Å². The maximum atomic E-state index is 12.8. The maximum absolute atomic E-state index is 12.8. The summed E-state index contributed by atoms with van der Waals surface area (Å²) in [7, 11) is 0. The molecule has 1 aliphatic carbocycles. The van der Waals surface area contributed by atoms with E-state index < -0.39 is 5.95 Å². The van der Waals surface area contributed by atoms with Crippen LogP contribution in [0.4, 0.5) is 4.39 Å². The fourth-order valence-corrected chi connectivity index (χ4v) is 1.89. The van der Waals surface area contributed by atoms with Crippen molar-refractivity contribution in [2.75, 3.05) is 0 Å². The Bertz CT molecular complexity index is 394. The van der Waals surface area contributed by atoms with Crippen molar-refractivity contribution in [1.82, 2.24) is 10.3 Å². The number of amides is 1. The molecule has 1 saturated carbocycles. The van der Waals surface area contributed by atoms with Gasteiger partial charge in [0.25, 0.3) is 5.91 Å². The molecule has 4 heteroatoms. The smallest absolute Gasteiger partial charge is 0.270 e. The first-order valence-corrected chi connectivity index (χ1v) is 5.64. The van der Waals surface area contributed by atoms with Crippen molar-refractivity contribution in [2.45, 2.75) is 32.2 Å². The van der Waals surface area contributed by atoms with E-state index in [0.717, 1.165) is 19.3 Å². The maximum Gasteiger partial charge on any atom is 0.270 e. The summed E-state index contributed by atoms with van der Waals surface area (Å²) in [5.74, 6) is -0.292. The summed E-state index contributed by atoms with van der Waals surface area (Å²) in [6.07, 6.45) is 3.31. The molecule has 1 heterocycles. The molecule has 1 aromatic heterocycles. The fraction of sp³-hybridized carbons (Fsp3) is 0.500. The number of aromatic nitrogens is 1. The van der Waals surface area contributed by atoms with E-state index in [-0.39, 0.29) is 17.6 Å². The molecule has 2 rings (SSSR count). The second-order valence-electron chi connectivity index (χ2n) is 4.21. The summed E-state index contributed by atoms with van der Waals surface area (Å²) in [5.41, 5.74) is 0.155. The molecule has 0 radical (unpaired) electrons. The molecule has 3 nitrogen and oxygen atoms in total. The molecule has 1 N–H and O–H groups in total. The van der Waals surface area contributed by atoms with Gasteiger partial charge in [-0.15, -0.1) is 0 Å². The van der Waals surface area contributed by atoms with Crippen LogP contribution in [-0.2, 0) is 0 Å². The van der Waals surface area contributed by atoms with Crippen molar-refractivity contribution in [1.29, 1.82) is 0 Å². The van der Waals surface area contributed by atoms with Gasteiger partial charge in [0.2, 0.25) is 5.95 Å². The third-order valence-electron chi connectivity index (χ3n) is 2.85. The summed E-state index contributed by atoms with van der Waals surface area (Å²) < 4.78 is 12.8. The average Bonchev–Trinajstić information content (AvgIpc) is 2.97. The lowest BCUT2D eigenvalue weighted by atomic mass is 10.2. The zero-order chi connectivity index (χ0) is 11.5. The Labute approximate surface area is 94.1 Å². The summed E-state index contributed by atoms with van der Waals surface area (Å²) in [6, 6.07) is 4.51. The van der Waals surface area contributed by atoms with E-state index in [1.54, 1.807) is 0 Å². The van der Waals surface area contributed by atoms with E-state index in [2.05, 4.69) is 17.2 Å². The standard InChI is InChI=1S/C12H15FN2O/c1-2-4-8-7-10(8)15-12(16)9-5-3-6-11(13)14-9/h3,5-6,8,10H,2,4,7H2,1H3,(H,15,16). The molecule has 1 aliphatic rings. The number of hydrogen-bond acceptors (Lipinski definition) is 2. The summed E-state index contributed by atoms with van der Waals surface area (Å²) in [6.45, 7) is 2.13. The molecule has 2 atom stereocenters. The monoisotopic (exact) mass is 222 g/mol. The lowest BCUT2D eigenvalue weighted by Crippen LogP contribution is -2.27. The normalized spacial score (nSPS) is 22.9. The van der Waals surface area contributed by atoms with E-state index in [9.17, 15) is 9.18 Å². The minimum Gasteiger partial charge on any atom is -0.348 e. The van der Waals surface area contributed by atoms with Crippen molar-refractivity contribution in [3.63, 3.8) is 0 Å². The molecule has 0 aliphatic heterocycles. The Balaban J connectivity index is 1.90. The lowest BCUT2D eigenvalue weighted by molar-refractivity contribution is 0.0942. The molecular weight excluding hydrogens is 207 g/mol. The predicted molar refractivity (Wildman–Crippen MR) is 58.5 cm³/mol. The van der Waals surface area contributed by atoms with Crippen LogP contribution in [0.3, 0.4) is 0 Å². The highest BCUT2D eigenvalue weighted by Gasteiger charge is 2.37. The third-order valence-corrected chi connectivity index (χ3v) is 2.85. The molecule has 0 spiro atoms. The summed E-state index contributed by atoms with van der Waals surface area (Å²) >= 11 is 0. The number of rotatable bonds is 4. The Kier molecular flexibility index (Phi) is 3.17. The van der Waals surface area contributed by atoms with Gasteiger partial charge < -0.3 is 5.32 Å². The van der Waals surface area contributed by atoms with Crippen LogP contribution in [0.25, 0.3) is 0 Å². The molecule has 1 fully saturated rings. The molecule has 86 valence electrons. The number of nitrogens with zero attached hydrogens (tertiary/aromatic N) is 1. The molecule has 1 aromatic rings. The van der Waals surface area contributed by atoms with Crippen molar-refractivity contribution in [3.05, 3.63) is 29.8 Å². The van der Waals surface area contributed by atoms with Crippen LogP contribution in [-0.4, -0.2) is 16.9 Å². The topological polar surface area (TPSA) is 42.0 Å². The second kappa shape index (κ2) is 4.60. The van der Waals surface area contributed by atoms with Crippen LogP contribution in [0, 0.1) is 11.9 Å². The van der Waals surface area contributed by atoms with Gasteiger partial charge in [-0.2, -0.15) is 4.39 Å². The van der Waals surface area contributed by atoms with E-state index >= 15 is 0 Å². The first-order valence-electron chi connectivity index (χ1n) is 5.64. The number of halogens is 1. The van der Waals surface area contributed by atoms with Gasteiger partial charge in [0.05, 0.1) is 0 Å². The zero-order valence-electron chi connectivity index (χ0n) is 9.24. The number of carbonyl (C=O) groups excluding carboxylic acids is 1. The lowest BCUT2D eigenvalue weighted by Gasteiger charge is -2.03. The highest BCUT2D eigenvalue weighted by Crippen LogP contribution is 2.34. The van der Waals surface area contributed by atoms with Crippen LogP contribution in [0.2, 0.25) is 0 Å². The Morgan fingerprint density at radius 2 is 2.44 bits per heavy atom. The minimum atomic E-state index is -0.617. The average molecular weight is 222 g/mol. The van der Waals surface area contributed by atoms with Crippen LogP contribution in [0.1, 0.15) is 36.7 Å². The third kappa shape index (κ3) is 2.56. The van der Waals surface area contributed by atoms with Crippen molar-refractivity contribution < 1.29 is 9.18 Å². The number of nitrogens with one attached hydrogen (secondary N) is 1. The van der Waals surface area contributed by atoms with Gasteiger partial charge in [-0.25, -0.2) is 4.98 Å². The Hall–Kier alpha value is -1.45. The minimum absolute atomic E-state index is 0.155. The van der Waals surface area contributed by atoms with E-state index in [1.165, 1.54) is 18.2 Å².